The summed E-state index contributed by atoms with van der Waals surface area (Å²) >= 11 is 1.45. The number of aryl methyl sites for hydroxylation is 4. The van der Waals surface area contributed by atoms with Crippen LogP contribution in [0.1, 0.15) is 28.7 Å². The molecule has 0 bridgehead atoms. The van der Waals surface area contributed by atoms with E-state index in [0.717, 1.165) is 34.6 Å². The Morgan fingerprint density at radius 2 is 1.88 bits per heavy atom. The van der Waals surface area contributed by atoms with Crippen LogP contribution in [0.3, 0.4) is 0 Å². The van der Waals surface area contributed by atoms with E-state index in [2.05, 4.69) is 23.5 Å². The Hall–Kier alpha value is -2.27. The maximum absolute atomic E-state index is 12.0. The fraction of sp³-hybridized carbons (Fsp3) is 0.333. The fourth-order valence-corrected chi connectivity index (χ4v) is 3.78. The number of hydrogen-bond donors (Lipinski definition) is 1. The monoisotopic (exact) mass is 369 g/mol. The second-order valence-corrected chi connectivity index (χ2v) is 7.65. The van der Waals surface area contributed by atoms with Crippen LogP contribution in [-0.4, -0.2) is 24.2 Å². The van der Waals surface area contributed by atoms with Crippen LogP contribution in [0.25, 0.3) is 0 Å². The van der Waals surface area contributed by atoms with Crippen molar-refractivity contribution in [3.63, 3.8) is 0 Å². The molecule has 1 amide bonds. The molecule has 1 aliphatic rings. The first-order valence-electron chi connectivity index (χ1n) is 8.78. The Labute approximate surface area is 158 Å². The lowest BCUT2D eigenvalue weighted by atomic mass is 10.1. The lowest BCUT2D eigenvalue weighted by Gasteiger charge is -2.10. The number of thioether (sulfide) groups is 1. The van der Waals surface area contributed by atoms with E-state index in [1.807, 2.05) is 32.0 Å². The largest absolute Gasteiger partial charge is 0.455 e. The van der Waals surface area contributed by atoms with E-state index in [-0.39, 0.29) is 24.2 Å². The number of anilines is 1. The highest BCUT2D eigenvalue weighted by Crippen LogP contribution is 2.27. The maximum Gasteiger partial charge on any atom is 0.316 e. The molecule has 0 heterocycles. The minimum atomic E-state index is -0.383. The van der Waals surface area contributed by atoms with Crippen molar-refractivity contribution in [1.82, 2.24) is 0 Å². The third-order valence-corrected chi connectivity index (χ3v) is 5.43. The second-order valence-electron chi connectivity index (χ2n) is 6.60. The van der Waals surface area contributed by atoms with Crippen molar-refractivity contribution in [3.8, 4) is 0 Å². The van der Waals surface area contributed by atoms with Gasteiger partial charge < -0.3 is 10.1 Å². The number of fused-ring (bicyclic) bond motifs is 1. The van der Waals surface area contributed by atoms with Gasteiger partial charge in [0.15, 0.2) is 6.61 Å². The molecule has 0 saturated carbocycles. The summed E-state index contributed by atoms with van der Waals surface area (Å²) in [6.45, 7) is 3.62. The van der Waals surface area contributed by atoms with E-state index in [9.17, 15) is 9.59 Å². The zero-order chi connectivity index (χ0) is 18.5. The topological polar surface area (TPSA) is 55.4 Å². The first kappa shape index (κ1) is 18.5. The minimum Gasteiger partial charge on any atom is -0.455 e. The SMILES string of the molecule is Cc1ccc(C)c(NC(=O)COC(=O)CSc2ccc3c(c2)CCC3)c1. The Morgan fingerprint density at radius 1 is 1.08 bits per heavy atom. The second kappa shape index (κ2) is 8.41. The molecule has 4 nitrogen and oxygen atoms in total. The van der Waals surface area contributed by atoms with Crippen LogP contribution in [0.2, 0.25) is 0 Å². The van der Waals surface area contributed by atoms with Gasteiger partial charge in [-0.15, -0.1) is 11.8 Å². The summed E-state index contributed by atoms with van der Waals surface area (Å²) in [5.74, 6) is -0.503. The van der Waals surface area contributed by atoms with Gasteiger partial charge in [-0.1, -0.05) is 18.2 Å². The Kier molecular flexibility index (Phi) is 5.99. The molecule has 0 unspecified atom stereocenters. The van der Waals surface area contributed by atoms with Crippen molar-refractivity contribution in [1.29, 1.82) is 0 Å². The van der Waals surface area contributed by atoms with Gasteiger partial charge in [0.25, 0.3) is 5.91 Å². The van der Waals surface area contributed by atoms with Gasteiger partial charge in [0.1, 0.15) is 0 Å². The summed E-state index contributed by atoms with van der Waals surface area (Å²) in [5, 5.41) is 2.79. The molecule has 136 valence electrons. The summed E-state index contributed by atoms with van der Waals surface area (Å²) in [4.78, 5) is 25.0. The van der Waals surface area contributed by atoms with Gasteiger partial charge in [-0.25, -0.2) is 0 Å². The average Bonchev–Trinajstić information content (AvgIpc) is 3.09. The van der Waals surface area contributed by atoms with E-state index >= 15 is 0 Å². The quantitative estimate of drug-likeness (QED) is 0.616. The van der Waals surface area contributed by atoms with Crippen molar-refractivity contribution in [3.05, 3.63) is 58.7 Å². The van der Waals surface area contributed by atoms with Crippen LogP contribution in [0.4, 0.5) is 5.69 Å². The van der Waals surface area contributed by atoms with E-state index in [1.54, 1.807) is 0 Å². The Morgan fingerprint density at radius 3 is 2.73 bits per heavy atom. The molecule has 0 fully saturated rings. The number of esters is 1. The van der Waals surface area contributed by atoms with Crippen molar-refractivity contribution in [2.75, 3.05) is 17.7 Å². The van der Waals surface area contributed by atoms with E-state index in [0.29, 0.717) is 0 Å². The molecule has 1 aliphatic carbocycles. The smallest absolute Gasteiger partial charge is 0.316 e. The minimum absolute atomic E-state index is 0.204. The molecule has 0 atom stereocenters. The zero-order valence-electron chi connectivity index (χ0n) is 15.1. The molecule has 0 saturated heterocycles. The molecule has 0 radical (unpaired) electrons. The third kappa shape index (κ3) is 4.88. The third-order valence-electron chi connectivity index (χ3n) is 4.46. The number of benzene rings is 2. The molecule has 2 aromatic carbocycles. The van der Waals surface area contributed by atoms with Crippen molar-refractivity contribution >= 4 is 29.3 Å². The normalized spacial score (nSPS) is 12.5. The molecule has 1 N–H and O–H groups in total. The predicted molar refractivity (Wildman–Crippen MR) is 105 cm³/mol. The van der Waals surface area contributed by atoms with Crippen LogP contribution in [0.15, 0.2) is 41.3 Å². The zero-order valence-corrected chi connectivity index (χ0v) is 15.9. The Bertz CT molecular complexity index is 832. The van der Waals surface area contributed by atoms with Gasteiger partial charge in [-0.2, -0.15) is 0 Å². The molecular weight excluding hydrogens is 346 g/mol. The van der Waals surface area contributed by atoms with Gasteiger partial charge in [0.2, 0.25) is 0 Å². The highest BCUT2D eigenvalue weighted by atomic mass is 32.2. The van der Waals surface area contributed by atoms with Crippen molar-refractivity contribution in [2.45, 2.75) is 38.0 Å². The highest BCUT2D eigenvalue weighted by molar-refractivity contribution is 8.00. The molecule has 26 heavy (non-hydrogen) atoms. The average molecular weight is 369 g/mol. The van der Waals surface area contributed by atoms with Gasteiger partial charge in [-0.3, -0.25) is 9.59 Å². The van der Waals surface area contributed by atoms with Crippen LogP contribution in [-0.2, 0) is 27.2 Å². The standard InChI is InChI=1S/C21H23NO3S/c1-14-6-7-15(2)19(10-14)22-20(23)12-25-21(24)13-26-18-9-8-16-4-3-5-17(16)11-18/h6-11H,3-5,12-13H2,1-2H3,(H,22,23). The van der Waals surface area contributed by atoms with Gasteiger partial charge >= 0.3 is 5.97 Å². The van der Waals surface area contributed by atoms with Crippen molar-refractivity contribution in [2.24, 2.45) is 0 Å². The fourth-order valence-electron chi connectivity index (χ4n) is 3.02. The molecule has 5 heteroatoms. The van der Waals surface area contributed by atoms with Crippen LogP contribution in [0.5, 0.6) is 0 Å². The van der Waals surface area contributed by atoms with Gasteiger partial charge in [0, 0.05) is 10.6 Å². The highest BCUT2D eigenvalue weighted by Gasteiger charge is 2.13. The maximum atomic E-state index is 12.0. The first-order chi connectivity index (χ1) is 12.5. The molecule has 0 spiro atoms. The molecule has 3 rings (SSSR count). The first-order valence-corrected chi connectivity index (χ1v) is 9.77. The molecule has 0 aromatic heterocycles. The molecule has 2 aromatic rings. The van der Waals surface area contributed by atoms with Crippen LogP contribution >= 0.6 is 11.8 Å². The van der Waals surface area contributed by atoms with E-state index in [1.165, 1.54) is 29.3 Å². The van der Waals surface area contributed by atoms with Gasteiger partial charge in [-0.05, 0) is 73.6 Å². The van der Waals surface area contributed by atoms with E-state index < -0.39 is 0 Å². The number of rotatable bonds is 6. The van der Waals surface area contributed by atoms with Crippen molar-refractivity contribution < 1.29 is 14.3 Å². The van der Waals surface area contributed by atoms with Gasteiger partial charge in [0.05, 0.1) is 5.75 Å². The van der Waals surface area contributed by atoms with Crippen LogP contribution in [0, 0.1) is 13.8 Å². The summed E-state index contributed by atoms with van der Waals surface area (Å²) in [7, 11) is 0. The summed E-state index contributed by atoms with van der Waals surface area (Å²) in [5.41, 5.74) is 5.59. The predicted octanol–water partition coefficient (Wildman–Crippen LogP) is 4.07. The Balaban J connectivity index is 1.43. The summed E-state index contributed by atoms with van der Waals surface area (Å²) in [6.07, 6.45) is 3.48. The number of ether oxygens (including phenoxy) is 1. The number of amides is 1. The number of hydrogen-bond acceptors (Lipinski definition) is 4. The number of nitrogens with one attached hydrogen (secondary N) is 1. The summed E-state index contributed by atoms with van der Waals surface area (Å²) in [6, 6.07) is 12.2. The number of carbonyl (C=O) groups excluding carboxylic acids is 2. The lowest BCUT2D eigenvalue weighted by molar-refractivity contribution is -0.144. The number of carbonyl (C=O) groups is 2. The van der Waals surface area contributed by atoms with E-state index in [4.69, 9.17) is 4.74 Å². The molecule has 0 aliphatic heterocycles. The summed E-state index contributed by atoms with van der Waals surface area (Å²) < 4.78 is 5.09. The molecular formula is C21H23NO3S. The van der Waals surface area contributed by atoms with Crippen LogP contribution < -0.4 is 5.32 Å². The lowest BCUT2D eigenvalue weighted by Crippen LogP contribution is -2.22.